The summed E-state index contributed by atoms with van der Waals surface area (Å²) in [6.07, 6.45) is -0.0131. The summed E-state index contributed by atoms with van der Waals surface area (Å²) < 4.78 is 5.53. The molecule has 0 bridgehead atoms. The van der Waals surface area contributed by atoms with Crippen molar-refractivity contribution in [3.05, 3.63) is 0 Å². The van der Waals surface area contributed by atoms with E-state index in [1.165, 1.54) is 0 Å². The molecule has 1 N–H and O–H groups in total. The molecule has 0 amide bonds. The third kappa shape index (κ3) is 1.57. The fourth-order valence-corrected chi connectivity index (χ4v) is 1.71. The second-order valence-corrected chi connectivity index (χ2v) is 3.76. The van der Waals surface area contributed by atoms with Gasteiger partial charge in [0, 0.05) is 0 Å². The van der Waals surface area contributed by atoms with Crippen molar-refractivity contribution in [3.8, 4) is 0 Å². The van der Waals surface area contributed by atoms with Crippen LogP contribution < -0.4 is 0 Å². The van der Waals surface area contributed by atoms with Crippen LogP contribution >= 0.6 is 0 Å². The lowest BCUT2D eigenvalue weighted by Crippen LogP contribution is -2.46. The highest BCUT2D eigenvalue weighted by Crippen LogP contribution is 2.29. The zero-order chi connectivity index (χ0) is 8.59. The predicted molar refractivity (Wildman–Crippen MR) is 44.3 cm³/mol. The maximum Gasteiger partial charge on any atom is 0.0828 e. The minimum Gasteiger partial charge on any atom is -0.390 e. The van der Waals surface area contributed by atoms with Gasteiger partial charge in [-0.3, -0.25) is 0 Å². The second kappa shape index (κ2) is 3.11. The number of hydrogen-bond acceptors (Lipinski definition) is 2. The minimum absolute atomic E-state index is 0.00352. The van der Waals surface area contributed by atoms with Crippen LogP contribution in [0.4, 0.5) is 0 Å². The summed E-state index contributed by atoms with van der Waals surface area (Å²) >= 11 is 0. The zero-order valence-corrected chi connectivity index (χ0v) is 7.74. The van der Waals surface area contributed by atoms with Gasteiger partial charge in [0.1, 0.15) is 0 Å². The van der Waals surface area contributed by atoms with E-state index in [4.69, 9.17) is 4.74 Å². The van der Waals surface area contributed by atoms with Crippen LogP contribution in [0.2, 0.25) is 0 Å². The molecule has 2 heteroatoms. The van der Waals surface area contributed by atoms with Crippen LogP contribution in [-0.2, 0) is 4.74 Å². The van der Waals surface area contributed by atoms with Crippen LogP contribution in [0.3, 0.4) is 0 Å². The second-order valence-electron chi connectivity index (χ2n) is 3.76. The molecular formula is C9H18O2. The van der Waals surface area contributed by atoms with Crippen LogP contribution in [0.15, 0.2) is 0 Å². The molecule has 2 nitrogen and oxygen atoms in total. The van der Waals surface area contributed by atoms with Gasteiger partial charge in [0.05, 0.1) is 18.3 Å². The Balaban J connectivity index is 2.63. The maximum atomic E-state index is 9.61. The maximum absolute atomic E-state index is 9.61. The molecule has 0 aliphatic carbocycles. The van der Waals surface area contributed by atoms with E-state index in [1.54, 1.807) is 0 Å². The van der Waals surface area contributed by atoms with E-state index >= 15 is 0 Å². The van der Waals surface area contributed by atoms with Crippen LogP contribution in [0.25, 0.3) is 0 Å². The lowest BCUT2D eigenvalue weighted by atomic mass is 9.82. The normalized spacial score (nSPS) is 52.6. The molecule has 0 radical (unpaired) electrons. The van der Waals surface area contributed by atoms with Gasteiger partial charge in [0.15, 0.2) is 0 Å². The Labute approximate surface area is 68.6 Å². The predicted octanol–water partition coefficient (Wildman–Crippen LogP) is 1.43. The smallest absolute Gasteiger partial charge is 0.0828 e. The van der Waals surface area contributed by atoms with E-state index in [-0.39, 0.29) is 18.3 Å². The lowest BCUT2D eigenvalue weighted by Gasteiger charge is -2.40. The van der Waals surface area contributed by atoms with Crippen molar-refractivity contribution in [2.45, 2.75) is 46.0 Å². The van der Waals surface area contributed by atoms with Crippen molar-refractivity contribution in [3.63, 3.8) is 0 Å². The fraction of sp³-hybridized carbons (Fsp3) is 1.00. The molecule has 66 valence electrons. The van der Waals surface area contributed by atoms with E-state index < -0.39 is 0 Å². The lowest BCUT2D eigenvalue weighted by molar-refractivity contribution is -0.154. The molecule has 0 aromatic heterocycles. The van der Waals surface area contributed by atoms with Crippen molar-refractivity contribution in [2.75, 3.05) is 0 Å². The van der Waals surface area contributed by atoms with Gasteiger partial charge < -0.3 is 9.84 Å². The molecule has 2 unspecified atom stereocenters. The number of aliphatic hydroxyl groups excluding tert-OH is 1. The Bertz CT molecular complexity index is 122. The molecule has 1 heterocycles. The van der Waals surface area contributed by atoms with Crippen LogP contribution in [0.1, 0.15) is 27.7 Å². The van der Waals surface area contributed by atoms with Gasteiger partial charge in [-0.2, -0.15) is 0 Å². The zero-order valence-electron chi connectivity index (χ0n) is 7.74. The molecule has 1 rings (SSSR count). The summed E-state index contributed by atoms with van der Waals surface area (Å²) in [4.78, 5) is 0. The molecular weight excluding hydrogens is 140 g/mol. The molecule has 1 fully saturated rings. The van der Waals surface area contributed by atoms with Gasteiger partial charge in [-0.1, -0.05) is 13.8 Å². The summed E-state index contributed by atoms with van der Waals surface area (Å²) in [6, 6.07) is 0. The Kier molecular flexibility index (Phi) is 2.55. The topological polar surface area (TPSA) is 29.5 Å². The molecule has 0 aromatic carbocycles. The molecule has 0 saturated carbocycles. The summed E-state index contributed by atoms with van der Waals surface area (Å²) in [7, 11) is 0. The van der Waals surface area contributed by atoms with Crippen molar-refractivity contribution < 1.29 is 9.84 Å². The van der Waals surface area contributed by atoms with Gasteiger partial charge in [-0.25, -0.2) is 0 Å². The Morgan fingerprint density at radius 2 is 1.45 bits per heavy atom. The first-order valence-corrected chi connectivity index (χ1v) is 4.37. The molecule has 1 saturated heterocycles. The van der Waals surface area contributed by atoms with Crippen molar-refractivity contribution >= 4 is 0 Å². The molecule has 1 aliphatic rings. The first kappa shape index (κ1) is 9.01. The van der Waals surface area contributed by atoms with Gasteiger partial charge in [0.25, 0.3) is 0 Å². The average Bonchev–Trinajstić information content (AvgIpc) is 1.97. The minimum atomic E-state index is -0.291. The van der Waals surface area contributed by atoms with Crippen LogP contribution in [0.5, 0.6) is 0 Å². The first-order chi connectivity index (χ1) is 5.04. The molecule has 1 aliphatic heterocycles. The monoisotopic (exact) mass is 158 g/mol. The quantitative estimate of drug-likeness (QED) is 0.578. The summed E-state index contributed by atoms with van der Waals surface area (Å²) in [5.74, 6) is 0.815. The van der Waals surface area contributed by atoms with Gasteiger partial charge in [-0.15, -0.1) is 0 Å². The van der Waals surface area contributed by atoms with E-state index in [1.807, 2.05) is 6.92 Å². The van der Waals surface area contributed by atoms with Crippen LogP contribution in [-0.4, -0.2) is 23.4 Å². The Hall–Kier alpha value is -0.0800. The fourth-order valence-electron chi connectivity index (χ4n) is 1.71. The molecule has 11 heavy (non-hydrogen) atoms. The third-order valence-corrected chi connectivity index (χ3v) is 3.02. The van der Waals surface area contributed by atoms with E-state index in [9.17, 15) is 5.11 Å². The Morgan fingerprint density at radius 1 is 0.909 bits per heavy atom. The van der Waals surface area contributed by atoms with Crippen molar-refractivity contribution in [1.82, 2.24) is 0 Å². The highest BCUT2D eigenvalue weighted by atomic mass is 16.5. The van der Waals surface area contributed by atoms with Crippen molar-refractivity contribution in [1.29, 1.82) is 0 Å². The van der Waals surface area contributed by atoms with E-state index in [0.717, 1.165) is 0 Å². The van der Waals surface area contributed by atoms with Crippen molar-refractivity contribution in [2.24, 2.45) is 11.8 Å². The highest BCUT2D eigenvalue weighted by molar-refractivity contribution is 4.83. The molecule has 5 atom stereocenters. The average molecular weight is 158 g/mol. The van der Waals surface area contributed by atoms with E-state index in [2.05, 4.69) is 20.8 Å². The largest absolute Gasteiger partial charge is 0.390 e. The number of aliphatic hydroxyl groups is 1. The number of ether oxygens (including phenoxy) is 1. The van der Waals surface area contributed by atoms with Gasteiger partial charge >= 0.3 is 0 Å². The first-order valence-electron chi connectivity index (χ1n) is 4.37. The van der Waals surface area contributed by atoms with E-state index in [0.29, 0.717) is 11.8 Å². The Morgan fingerprint density at radius 3 is 2.00 bits per heavy atom. The molecule has 0 aromatic rings. The third-order valence-electron chi connectivity index (χ3n) is 3.02. The highest BCUT2D eigenvalue weighted by Gasteiger charge is 2.35. The van der Waals surface area contributed by atoms with Gasteiger partial charge in [-0.05, 0) is 25.7 Å². The molecule has 0 spiro atoms. The number of hydrogen-bond donors (Lipinski definition) is 1. The summed E-state index contributed by atoms with van der Waals surface area (Å²) in [5, 5.41) is 9.61. The summed E-state index contributed by atoms with van der Waals surface area (Å²) in [6.45, 7) is 8.22. The SMILES string of the molecule is CC1[C@H](C)OC(C)[C@H](O)[C@H]1C. The number of rotatable bonds is 0. The van der Waals surface area contributed by atoms with Crippen LogP contribution in [0, 0.1) is 11.8 Å². The summed E-state index contributed by atoms with van der Waals surface area (Å²) in [5.41, 5.74) is 0. The van der Waals surface area contributed by atoms with Gasteiger partial charge in [0.2, 0.25) is 0 Å². The standard InChI is InChI=1S/C9H18O2/c1-5-6(2)9(10)8(4)11-7(5)3/h5-10H,1-4H3/t5?,6-,7-,8?,9+/m0/s1.